The molecule has 4 N–H and O–H groups in total. The van der Waals surface area contributed by atoms with Gasteiger partial charge in [-0.1, -0.05) is 5.57 Å². The first-order valence-corrected chi connectivity index (χ1v) is 5.10. The molecule has 0 saturated heterocycles. The third-order valence-electron chi connectivity index (χ3n) is 1.84. The molecule has 90 valence electrons. The summed E-state index contributed by atoms with van der Waals surface area (Å²) in [5.41, 5.74) is 7.13. The largest absolute Gasteiger partial charge is 0.351 e. The van der Waals surface area contributed by atoms with E-state index in [2.05, 4.69) is 10.6 Å². The molecule has 0 aliphatic heterocycles. The Morgan fingerprint density at radius 1 is 1.06 bits per heavy atom. The number of rotatable bonds is 3. The summed E-state index contributed by atoms with van der Waals surface area (Å²) >= 11 is 0. The topological polar surface area (TPSA) is 84.2 Å². The van der Waals surface area contributed by atoms with Crippen molar-refractivity contribution in [2.75, 3.05) is 10.6 Å². The fraction of sp³-hybridized carbons (Fsp3) is 0.167. The molecule has 0 heterocycles. The minimum Gasteiger partial charge on any atom is -0.351 e. The number of anilines is 2. The summed E-state index contributed by atoms with van der Waals surface area (Å²) < 4.78 is 0. The van der Waals surface area contributed by atoms with Gasteiger partial charge in [0.15, 0.2) is 0 Å². The minimum absolute atomic E-state index is 0.180. The van der Waals surface area contributed by atoms with Gasteiger partial charge in [0.2, 0.25) is 5.91 Å². The summed E-state index contributed by atoms with van der Waals surface area (Å²) in [6.07, 6.45) is 1.51. The number of carbonyl (C=O) groups excluding carboxylic acids is 2. The van der Waals surface area contributed by atoms with Crippen molar-refractivity contribution in [1.29, 1.82) is 0 Å². The molecule has 0 radical (unpaired) electrons. The second-order valence-corrected chi connectivity index (χ2v) is 3.78. The summed E-state index contributed by atoms with van der Waals surface area (Å²) in [4.78, 5) is 22.0. The van der Waals surface area contributed by atoms with Gasteiger partial charge in [-0.2, -0.15) is 0 Å². The number of nitrogens with one attached hydrogen (secondary N) is 2. The molecule has 1 aromatic rings. The molecule has 0 aliphatic carbocycles. The zero-order chi connectivity index (χ0) is 12.8. The molecule has 0 atom stereocenters. The second kappa shape index (κ2) is 5.69. The van der Waals surface area contributed by atoms with Gasteiger partial charge in [0.1, 0.15) is 0 Å². The molecule has 1 rings (SSSR count). The van der Waals surface area contributed by atoms with Crippen molar-refractivity contribution in [3.05, 3.63) is 35.9 Å². The lowest BCUT2D eigenvalue weighted by atomic mass is 10.2. The highest BCUT2D eigenvalue weighted by Crippen LogP contribution is 2.13. The van der Waals surface area contributed by atoms with Crippen LogP contribution in [-0.4, -0.2) is 11.9 Å². The molecule has 0 aromatic heterocycles. The van der Waals surface area contributed by atoms with Crippen LogP contribution in [0.2, 0.25) is 0 Å². The minimum atomic E-state index is -0.619. The Bertz CT molecular complexity index is 445. The van der Waals surface area contributed by atoms with Crippen molar-refractivity contribution in [3.8, 4) is 0 Å². The number of allylic oxidation sites excluding steroid dienone is 1. The summed E-state index contributed by atoms with van der Waals surface area (Å²) in [7, 11) is 0. The highest BCUT2D eigenvalue weighted by atomic mass is 16.2. The van der Waals surface area contributed by atoms with Crippen molar-refractivity contribution < 1.29 is 9.59 Å². The van der Waals surface area contributed by atoms with E-state index in [1.165, 1.54) is 6.08 Å². The maximum atomic E-state index is 11.4. The van der Waals surface area contributed by atoms with Gasteiger partial charge in [0, 0.05) is 17.5 Å². The molecule has 5 nitrogen and oxygen atoms in total. The summed E-state index contributed by atoms with van der Waals surface area (Å²) in [6.45, 7) is 3.69. The number of primary amides is 1. The highest BCUT2D eigenvalue weighted by Gasteiger charge is 1.99. The predicted octanol–water partition coefficient (Wildman–Crippen LogP) is 2.08. The van der Waals surface area contributed by atoms with Crippen LogP contribution in [-0.2, 0) is 4.79 Å². The third-order valence-corrected chi connectivity index (χ3v) is 1.84. The van der Waals surface area contributed by atoms with Crippen LogP contribution < -0.4 is 16.4 Å². The van der Waals surface area contributed by atoms with Crippen molar-refractivity contribution in [3.63, 3.8) is 0 Å². The lowest BCUT2D eigenvalue weighted by Crippen LogP contribution is -2.19. The van der Waals surface area contributed by atoms with Gasteiger partial charge in [-0.05, 0) is 38.1 Å². The van der Waals surface area contributed by atoms with Crippen LogP contribution in [0.25, 0.3) is 0 Å². The van der Waals surface area contributed by atoms with Crippen LogP contribution in [0.1, 0.15) is 13.8 Å². The summed E-state index contributed by atoms with van der Waals surface area (Å²) in [5.74, 6) is -0.180. The van der Waals surface area contributed by atoms with Gasteiger partial charge >= 0.3 is 6.03 Å². The molecule has 17 heavy (non-hydrogen) atoms. The Morgan fingerprint density at radius 2 is 1.53 bits per heavy atom. The first kappa shape index (κ1) is 12.8. The zero-order valence-corrected chi connectivity index (χ0v) is 9.78. The summed E-state index contributed by atoms with van der Waals surface area (Å²) in [6, 6.07) is 6.06. The fourth-order valence-corrected chi connectivity index (χ4v) is 1.22. The van der Waals surface area contributed by atoms with E-state index in [0.29, 0.717) is 11.4 Å². The lowest BCUT2D eigenvalue weighted by molar-refractivity contribution is -0.111. The van der Waals surface area contributed by atoms with Gasteiger partial charge in [-0.3, -0.25) is 4.79 Å². The van der Waals surface area contributed by atoms with Crippen LogP contribution in [0.4, 0.5) is 16.2 Å². The molecule has 0 aliphatic rings. The van der Waals surface area contributed by atoms with Gasteiger partial charge in [-0.25, -0.2) is 4.79 Å². The van der Waals surface area contributed by atoms with Gasteiger partial charge in [0.25, 0.3) is 0 Å². The van der Waals surface area contributed by atoms with E-state index in [0.717, 1.165) is 5.57 Å². The Balaban J connectivity index is 2.65. The van der Waals surface area contributed by atoms with Crippen molar-refractivity contribution in [1.82, 2.24) is 0 Å². The Kier molecular flexibility index (Phi) is 4.28. The number of benzene rings is 1. The number of amides is 3. The Morgan fingerprint density at radius 3 is 1.94 bits per heavy atom. The number of carbonyl (C=O) groups is 2. The van der Waals surface area contributed by atoms with Crippen molar-refractivity contribution in [2.45, 2.75) is 13.8 Å². The number of hydrogen-bond acceptors (Lipinski definition) is 2. The quantitative estimate of drug-likeness (QED) is 0.698. The zero-order valence-electron chi connectivity index (χ0n) is 9.78. The van der Waals surface area contributed by atoms with E-state index in [4.69, 9.17) is 5.73 Å². The van der Waals surface area contributed by atoms with E-state index < -0.39 is 6.03 Å². The maximum Gasteiger partial charge on any atom is 0.316 e. The molecular formula is C12H15N3O2. The van der Waals surface area contributed by atoms with E-state index in [9.17, 15) is 9.59 Å². The molecule has 3 amide bonds. The summed E-state index contributed by atoms with van der Waals surface area (Å²) in [5, 5.41) is 5.13. The average Bonchev–Trinajstić information content (AvgIpc) is 2.18. The number of urea groups is 1. The molecule has 0 saturated carbocycles. The van der Waals surface area contributed by atoms with Gasteiger partial charge < -0.3 is 16.4 Å². The normalized spacial score (nSPS) is 9.29. The Hall–Kier alpha value is -2.30. The SMILES string of the molecule is CC(C)=CC(=O)Nc1ccc(NC(N)=O)cc1. The van der Waals surface area contributed by atoms with E-state index >= 15 is 0 Å². The fourth-order valence-electron chi connectivity index (χ4n) is 1.22. The van der Waals surface area contributed by atoms with Gasteiger partial charge in [-0.15, -0.1) is 0 Å². The average molecular weight is 233 g/mol. The first-order valence-electron chi connectivity index (χ1n) is 5.10. The predicted molar refractivity (Wildman–Crippen MR) is 67.7 cm³/mol. The van der Waals surface area contributed by atoms with E-state index in [-0.39, 0.29) is 5.91 Å². The second-order valence-electron chi connectivity index (χ2n) is 3.78. The van der Waals surface area contributed by atoms with Crippen LogP contribution in [0, 0.1) is 0 Å². The van der Waals surface area contributed by atoms with E-state index in [1.807, 2.05) is 13.8 Å². The highest BCUT2D eigenvalue weighted by molar-refractivity contribution is 5.99. The van der Waals surface area contributed by atoms with Crippen LogP contribution in [0.3, 0.4) is 0 Å². The number of hydrogen-bond donors (Lipinski definition) is 3. The van der Waals surface area contributed by atoms with Crippen molar-refractivity contribution >= 4 is 23.3 Å². The standard InChI is InChI=1S/C12H15N3O2/c1-8(2)7-11(16)14-9-3-5-10(6-4-9)15-12(13)17/h3-7H,1-2H3,(H,14,16)(H3,13,15,17). The van der Waals surface area contributed by atoms with Gasteiger partial charge in [0.05, 0.1) is 0 Å². The molecule has 0 fully saturated rings. The van der Waals surface area contributed by atoms with Crippen LogP contribution in [0.15, 0.2) is 35.9 Å². The first-order chi connectivity index (χ1) is 7.97. The monoisotopic (exact) mass is 233 g/mol. The molecular weight excluding hydrogens is 218 g/mol. The Labute approximate surface area is 99.7 Å². The van der Waals surface area contributed by atoms with Crippen LogP contribution >= 0.6 is 0 Å². The van der Waals surface area contributed by atoms with Crippen molar-refractivity contribution in [2.24, 2.45) is 5.73 Å². The lowest BCUT2D eigenvalue weighted by Gasteiger charge is -2.05. The molecule has 0 spiro atoms. The maximum absolute atomic E-state index is 11.4. The molecule has 5 heteroatoms. The van der Waals surface area contributed by atoms with E-state index in [1.54, 1.807) is 24.3 Å². The third kappa shape index (κ3) is 4.83. The number of nitrogens with two attached hydrogens (primary N) is 1. The smallest absolute Gasteiger partial charge is 0.316 e. The molecule has 0 unspecified atom stereocenters. The molecule has 1 aromatic carbocycles. The molecule has 0 bridgehead atoms. The van der Waals surface area contributed by atoms with Crippen LogP contribution in [0.5, 0.6) is 0 Å².